The Labute approximate surface area is 173 Å². The molecule has 30 heavy (non-hydrogen) atoms. The summed E-state index contributed by atoms with van der Waals surface area (Å²) in [4.78, 5) is 25.0. The quantitative estimate of drug-likeness (QED) is 0.429. The summed E-state index contributed by atoms with van der Waals surface area (Å²) < 4.78 is 17.2. The molecular weight excluding hydrogens is 396 g/mol. The molecule has 2 heterocycles. The van der Waals surface area contributed by atoms with Crippen LogP contribution in [0.2, 0.25) is 0 Å². The number of aliphatic hydroxyl groups is 4. The number of allylic oxidation sites excluding steroid dienone is 1. The average molecular weight is 424 g/mol. The molecule has 0 bridgehead atoms. The van der Waals surface area contributed by atoms with Crippen molar-refractivity contribution in [3.05, 3.63) is 22.8 Å². The van der Waals surface area contributed by atoms with Crippen LogP contribution in [0.3, 0.4) is 0 Å². The predicted molar refractivity (Wildman–Crippen MR) is 101 cm³/mol. The van der Waals surface area contributed by atoms with E-state index in [4.69, 9.17) is 14.2 Å². The second kappa shape index (κ2) is 7.81. The van der Waals surface area contributed by atoms with E-state index in [0.29, 0.717) is 17.6 Å². The normalized spacial score (nSPS) is 46.3. The zero-order valence-electron chi connectivity index (χ0n) is 17.1. The van der Waals surface area contributed by atoms with Crippen molar-refractivity contribution in [2.24, 2.45) is 17.8 Å². The van der Waals surface area contributed by atoms with Crippen molar-refractivity contribution in [3.8, 4) is 0 Å². The van der Waals surface area contributed by atoms with E-state index in [-0.39, 0.29) is 29.5 Å². The van der Waals surface area contributed by atoms with Crippen molar-refractivity contribution >= 4 is 11.8 Å². The van der Waals surface area contributed by atoms with Gasteiger partial charge in [-0.2, -0.15) is 0 Å². The van der Waals surface area contributed by atoms with Crippen molar-refractivity contribution in [1.29, 1.82) is 0 Å². The number of carbonyl (C=O) groups excluding carboxylic acids is 2. The van der Waals surface area contributed by atoms with Gasteiger partial charge in [0, 0.05) is 17.4 Å². The molecular formula is C21H28O9. The molecule has 0 unspecified atom stereocenters. The van der Waals surface area contributed by atoms with E-state index in [9.17, 15) is 30.0 Å². The van der Waals surface area contributed by atoms with Crippen molar-refractivity contribution in [2.45, 2.75) is 70.1 Å². The van der Waals surface area contributed by atoms with E-state index in [1.807, 2.05) is 6.92 Å². The van der Waals surface area contributed by atoms with E-state index in [1.54, 1.807) is 19.9 Å². The maximum absolute atomic E-state index is 12.7. The molecule has 0 aromatic heterocycles. The lowest BCUT2D eigenvalue weighted by atomic mass is 9.81. The monoisotopic (exact) mass is 424 g/mol. The zero-order valence-corrected chi connectivity index (χ0v) is 17.1. The Bertz CT molecular complexity index is 800. The van der Waals surface area contributed by atoms with Gasteiger partial charge in [0.2, 0.25) is 0 Å². The Kier molecular flexibility index (Phi) is 5.63. The highest BCUT2D eigenvalue weighted by Crippen LogP contribution is 2.48. The summed E-state index contributed by atoms with van der Waals surface area (Å²) >= 11 is 0. The third-order valence-electron chi connectivity index (χ3n) is 6.98. The number of carbonyl (C=O) groups is 2. The molecule has 4 aliphatic rings. The van der Waals surface area contributed by atoms with Crippen molar-refractivity contribution < 1.29 is 44.2 Å². The number of ketones is 1. The van der Waals surface area contributed by atoms with Crippen LogP contribution in [-0.2, 0) is 23.8 Å². The standard InChI is InChI=1S/C21H28O9/c1-7-4-11(23)15-9(3)12(5-10-8(2)20(27)30-19(10)14(7)15)28-21-18(26)17(25)16(24)13(6-22)29-21/h4,8,10,12-14,16-19,21-22,24-26H,5-6H2,1-3H3/t8-,10-,12+,13+,14-,16+,17-,18+,19-,21-/m0/s1. The van der Waals surface area contributed by atoms with Crippen LogP contribution in [0.15, 0.2) is 22.8 Å². The van der Waals surface area contributed by atoms with E-state index < -0.39 is 49.5 Å². The highest BCUT2D eigenvalue weighted by molar-refractivity contribution is 6.09. The molecule has 4 rings (SSSR count). The molecule has 0 saturated carbocycles. The van der Waals surface area contributed by atoms with Crippen molar-refractivity contribution in [1.82, 2.24) is 0 Å². The van der Waals surface area contributed by atoms with Crippen LogP contribution >= 0.6 is 0 Å². The molecule has 2 fully saturated rings. The van der Waals surface area contributed by atoms with Crippen LogP contribution in [0.25, 0.3) is 0 Å². The van der Waals surface area contributed by atoms with E-state index in [2.05, 4.69) is 0 Å². The lowest BCUT2D eigenvalue weighted by molar-refractivity contribution is -0.309. The molecule has 4 N–H and O–H groups in total. The Morgan fingerprint density at radius 2 is 1.83 bits per heavy atom. The lowest BCUT2D eigenvalue weighted by Gasteiger charge is -2.41. The summed E-state index contributed by atoms with van der Waals surface area (Å²) in [6, 6.07) is 0. The zero-order chi connectivity index (χ0) is 21.9. The van der Waals surface area contributed by atoms with Gasteiger partial charge in [-0.1, -0.05) is 12.5 Å². The number of rotatable bonds is 3. The van der Waals surface area contributed by atoms with Crippen LogP contribution in [0.1, 0.15) is 27.2 Å². The minimum Gasteiger partial charge on any atom is -0.461 e. The van der Waals surface area contributed by atoms with Gasteiger partial charge in [0.1, 0.15) is 30.5 Å². The number of aliphatic hydroxyl groups excluding tert-OH is 4. The summed E-state index contributed by atoms with van der Waals surface area (Å²) in [5.41, 5.74) is 2.02. The van der Waals surface area contributed by atoms with Crippen molar-refractivity contribution in [3.63, 3.8) is 0 Å². The van der Waals surface area contributed by atoms with Crippen molar-refractivity contribution in [2.75, 3.05) is 6.61 Å². The number of hydrogen-bond acceptors (Lipinski definition) is 9. The van der Waals surface area contributed by atoms with E-state index in [1.165, 1.54) is 0 Å². The molecule has 166 valence electrons. The molecule has 0 amide bonds. The molecule has 2 aliphatic carbocycles. The number of fused-ring (bicyclic) bond motifs is 3. The molecule has 0 aromatic carbocycles. The van der Waals surface area contributed by atoms with E-state index in [0.717, 1.165) is 5.57 Å². The fourth-order valence-corrected chi connectivity index (χ4v) is 5.16. The first-order valence-corrected chi connectivity index (χ1v) is 10.2. The van der Waals surface area contributed by atoms with E-state index >= 15 is 0 Å². The largest absolute Gasteiger partial charge is 0.461 e. The van der Waals surface area contributed by atoms with Crippen LogP contribution in [-0.4, -0.2) is 81.7 Å². The number of esters is 1. The van der Waals surface area contributed by atoms with Gasteiger partial charge in [-0.15, -0.1) is 0 Å². The SMILES string of the molecule is CC1=CC(=O)C2=C(C)[C@H](O[C@H]3O[C@H](CO)[C@@H](O)[C@H](O)[C@H]3O)C[C@@H]3[C@H](OC(=O)[C@H]3C)[C@@H]12. The summed E-state index contributed by atoms with van der Waals surface area (Å²) in [5.74, 6) is -1.40. The van der Waals surface area contributed by atoms with Crippen LogP contribution in [0.5, 0.6) is 0 Å². The molecule has 0 spiro atoms. The molecule has 0 aromatic rings. The van der Waals surface area contributed by atoms with Gasteiger partial charge in [0.05, 0.1) is 18.6 Å². The molecule has 9 heteroatoms. The fourth-order valence-electron chi connectivity index (χ4n) is 5.16. The van der Waals surface area contributed by atoms with Crippen LogP contribution < -0.4 is 0 Å². The van der Waals surface area contributed by atoms with Gasteiger partial charge in [0.25, 0.3) is 0 Å². The van der Waals surface area contributed by atoms with Gasteiger partial charge in [-0.25, -0.2) is 0 Å². The van der Waals surface area contributed by atoms with Gasteiger partial charge < -0.3 is 34.6 Å². The topological polar surface area (TPSA) is 143 Å². The average Bonchev–Trinajstić information content (AvgIpc) is 3.11. The van der Waals surface area contributed by atoms with Gasteiger partial charge in [-0.05, 0) is 31.9 Å². The summed E-state index contributed by atoms with van der Waals surface area (Å²) in [5, 5.41) is 39.8. The maximum Gasteiger partial charge on any atom is 0.309 e. The number of ether oxygens (including phenoxy) is 3. The maximum atomic E-state index is 12.7. The van der Waals surface area contributed by atoms with Gasteiger partial charge in [-0.3, -0.25) is 9.59 Å². The second-order valence-corrected chi connectivity index (χ2v) is 8.74. The Morgan fingerprint density at radius 3 is 2.50 bits per heavy atom. The molecule has 9 nitrogen and oxygen atoms in total. The first-order chi connectivity index (χ1) is 14.1. The molecule has 2 saturated heterocycles. The fraction of sp³-hybridized carbons (Fsp3) is 0.714. The smallest absolute Gasteiger partial charge is 0.309 e. The second-order valence-electron chi connectivity index (χ2n) is 8.74. The lowest BCUT2D eigenvalue weighted by Crippen LogP contribution is -2.59. The van der Waals surface area contributed by atoms with Gasteiger partial charge in [0.15, 0.2) is 12.1 Å². The first-order valence-electron chi connectivity index (χ1n) is 10.2. The Hall–Kier alpha value is -1.62. The highest BCUT2D eigenvalue weighted by Gasteiger charge is 2.54. The van der Waals surface area contributed by atoms with Crippen LogP contribution in [0.4, 0.5) is 0 Å². The van der Waals surface area contributed by atoms with Crippen LogP contribution in [0, 0.1) is 17.8 Å². The minimum absolute atomic E-state index is 0.159. The predicted octanol–water partition coefficient (Wildman–Crippen LogP) is -0.785. The summed E-state index contributed by atoms with van der Waals surface area (Å²) in [6.07, 6.45) is -6.26. The minimum atomic E-state index is -1.56. The molecule has 2 aliphatic heterocycles. The summed E-state index contributed by atoms with van der Waals surface area (Å²) in [7, 11) is 0. The third kappa shape index (κ3) is 3.24. The number of hydrogen-bond donors (Lipinski definition) is 4. The Morgan fingerprint density at radius 1 is 1.13 bits per heavy atom. The first kappa shape index (κ1) is 21.6. The Balaban J connectivity index is 1.67. The molecule has 10 atom stereocenters. The summed E-state index contributed by atoms with van der Waals surface area (Å²) in [6.45, 7) is 4.84. The molecule has 0 radical (unpaired) electrons. The third-order valence-corrected chi connectivity index (χ3v) is 6.98. The highest BCUT2D eigenvalue weighted by atomic mass is 16.7. The van der Waals surface area contributed by atoms with Gasteiger partial charge >= 0.3 is 5.97 Å².